The zero-order valence-electron chi connectivity index (χ0n) is 19.0. The van der Waals surface area contributed by atoms with Crippen molar-refractivity contribution in [2.24, 2.45) is 4.99 Å². The van der Waals surface area contributed by atoms with Crippen molar-refractivity contribution in [1.82, 2.24) is 20.1 Å². The van der Waals surface area contributed by atoms with Gasteiger partial charge in [-0.25, -0.2) is 4.98 Å². The summed E-state index contributed by atoms with van der Waals surface area (Å²) >= 11 is 1.60. The number of benzene rings is 1. The van der Waals surface area contributed by atoms with E-state index >= 15 is 0 Å². The molecular formula is C21H33IN6O2S. The predicted octanol–water partition coefficient (Wildman–Crippen LogP) is 3.18. The SMILES string of the molecule is CN=C(NCc1cccc(NC(=O)CN(C)C)c1)N(C)Cc1csc(C(C)OC)n1.I. The van der Waals surface area contributed by atoms with Crippen LogP contribution in [0, 0.1) is 0 Å². The van der Waals surface area contributed by atoms with E-state index in [0.29, 0.717) is 19.6 Å². The van der Waals surface area contributed by atoms with E-state index in [1.165, 1.54) is 0 Å². The Morgan fingerprint density at radius 3 is 2.71 bits per heavy atom. The van der Waals surface area contributed by atoms with Crippen molar-refractivity contribution >= 4 is 52.9 Å². The van der Waals surface area contributed by atoms with E-state index in [0.717, 1.165) is 27.9 Å². The second kappa shape index (κ2) is 13.6. The lowest BCUT2D eigenvalue weighted by Gasteiger charge is -2.21. The number of nitrogens with one attached hydrogen (secondary N) is 2. The number of hydrogen-bond donors (Lipinski definition) is 2. The fraction of sp³-hybridized carbons (Fsp3) is 0.476. The van der Waals surface area contributed by atoms with E-state index in [-0.39, 0.29) is 36.0 Å². The Kier molecular flexibility index (Phi) is 12.0. The molecule has 2 aromatic rings. The summed E-state index contributed by atoms with van der Waals surface area (Å²) in [5.74, 6) is 0.734. The average molecular weight is 561 g/mol. The highest BCUT2D eigenvalue weighted by Gasteiger charge is 2.13. The van der Waals surface area contributed by atoms with Gasteiger partial charge in [-0.2, -0.15) is 0 Å². The monoisotopic (exact) mass is 560 g/mol. The van der Waals surface area contributed by atoms with Crippen LogP contribution in [0.4, 0.5) is 5.69 Å². The van der Waals surface area contributed by atoms with Crippen LogP contribution in [0.15, 0.2) is 34.6 Å². The Labute approximate surface area is 206 Å². The van der Waals surface area contributed by atoms with Gasteiger partial charge >= 0.3 is 0 Å². The molecule has 0 aliphatic carbocycles. The largest absolute Gasteiger partial charge is 0.375 e. The zero-order chi connectivity index (χ0) is 22.1. The Hall–Kier alpha value is -1.76. The Morgan fingerprint density at radius 2 is 2.06 bits per heavy atom. The van der Waals surface area contributed by atoms with Crippen molar-refractivity contribution in [3.8, 4) is 0 Å². The summed E-state index contributed by atoms with van der Waals surface area (Å²) in [6.07, 6.45) is -0.00279. The zero-order valence-corrected chi connectivity index (χ0v) is 22.2. The van der Waals surface area contributed by atoms with E-state index in [4.69, 9.17) is 4.74 Å². The topological polar surface area (TPSA) is 82.1 Å². The number of likely N-dealkylation sites (N-methyl/N-ethyl adjacent to an activating group) is 1. The van der Waals surface area contributed by atoms with Gasteiger partial charge in [-0.3, -0.25) is 9.79 Å². The quantitative estimate of drug-likeness (QED) is 0.279. The molecule has 2 rings (SSSR count). The van der Waals surface area contributed by atoms with Crippen molar-refractivity contribution in [3.05, 3.63) is 45.9 Å². The molecule has 8 nitrogen and oxygen atoms in total. The molecule has 1 heterocycles. The van der Waals surface area contributed by atoms with Crippen LogP contribution in [0.5, 0.6) is 0 Å². The maximum Gasteiger partial charge on any atom is 0.238 e. The molecule has 1 unspecified atom stereocenters. The number of halogens is 1. The molecule has 2 N–H and O–H groups in total. The average Bonchev–Trinajstić information content (AvgIpc) is 3.16. The van der Waals surface area contributed by atoms with Crippen LogP contribution in [0.1, 0.15) is 29.3 Å². The number of amides is 1. The molecule has 0 aliphatic rings. The fourth-order valence-electron chi connectivity index (χ4n) is 2.81. The molecule has 0 saturated heterocycles. The van der Waals surface area contributed by atoms with Gasteiger partial charge in [-0.15, -0.1) is 35.3 Å². The number of hydrogen-bond acceptors (Lipinski definition) is 6. The molecule has 172 valence electrons. The molecule has 0 saturated carbocycles. The lowest BCUT2D eigenvalue weighted by Crippen LogP contribution is -2.38. The van der Waals surface area contributed by atoms with Crippen LogP contribution in [-0.4, -0.2) is 68.5 Å². The standard InChI is InChI=1S/C21H32N6O2S.HI/c1-15(29-6)20-25-18(14-30-20)12-27(5)21(22-2)23-11-16-8-7-9-17(10-16)24-19(28)13-26(3)4;/h7-10,14-15H,11-13H2,1-6H3,(H,22,23)(H,24,28);1H. The van der Waals surface area contributed by atoms with Crippen molar-refractivity contribution in [2.75, 3.05) is 47.2 Å². The molecule has 0 radical (unpaired) electrons. The lowest BCUT2D eigenvalue weighted by molar-refractivity contribution is -0.116. The van der Waals surface area contributed by atoms with Crippen LogP contribution in [0.25, 0.3) is 0 Å². The number of guanidine groups is 1. The first-order chi connectivity index (χ1) is 14.3. The van der Waals surface area contributed by atoms with Gasteiger partial charge in [0.05, 0.1) is 18.8 Å². The smallest absolute Gasteiger partial charge is 0.238 e. The first-order valence-electron chi connectivity index (χ1n) is 9.74. The second-order valence-corrected chi connectivity index (χ2v) is 8.19. The van der Waals surface area contributed by atoms with Gasteiger partial charge in [0.1, 0.15) is 11.1 Å². The Morgan fingerprint density at radius 1 is 1.32 bits per heavy atom. The third kappa shape index (κ3) is 9.09. The minimum Gasteiger partial charge on any atom is -0.375 e. The van der Waals surface area contributed by atoms with Crippen LogP contribution >= 0.6 is 35.3 Å². The fourth-order valence-corrected chi connectivity index (χ4v) is 3.66. The number of aliphatic imine (C=N–C) groups is 1. The summed E-state index contributed by atoms with van der Waals surface area (Å²) in [5.41, 5.74) is 2.82. The first kappa shape index (κ1) is 27.3. The molecule has 0 spiro atoms. The van der Waals surface area contributed by atoms with E-state index in [2.05, 4.69) is 26.0 Å². The van der Waals surface area contributed by atoms with Gasteiger partial charge in [0.15, 0.2) is 5.96 Å². The molecule has 1 aromatic heterocycles. The normalized spacial score (nSPS) is 12.3. The Bertz CT molecular complexity index is 858. The molecular weight excluding hydrogens is 527 g/mol. The maximum atomic E-state index is 12.0. The predicted molar refractivity (Wildman–Crippen MR) is 138 cm³/mol. The highest BCUT2D eigenvalue weighted by atomic mass is 127. The van der Waals surface area contributed by atoms with E-state index in [1.54, 1.807) is 25.5 Å². The third-order valence-electron chi connectivity index (χ3n) is 4.36. The number of carbonyl (C=O) groups is 1. The van der Waals surface area contributed by atoms with Crippen LogP contribution < -0.4 is 10.6 Å². The van der Waals surface area contributed by atoms with Gasteiger partial charge in [0.2, 0.25) is 5.91 Å². The molecule has 1 atom stereocenters. The number of thiazole rings is 1. The van der Waals surface area contributed by atoms with Gasteiger partial charge in [-0.05, 0) is 38.7 Å². The minimum atomic E-state index is -0.0360. The van der Waals surface area contributed by atoms with Gasteiger partial charge < -0.3 is 25.2 Å². The van der Waals surface area contributed by atoms with Crippen molar-refractivity contribution < 1.29 is 9.53 Å². The van der Waals surface area contributed by atoms with E-state index in [1.807, 2.05) is 62.1 Å². The van der Waals surface area contributed by atoms with Gasteiger partial charge in [0, 0.05) is 38.8 Å². The molecule has 0 aliphatic heterocycles. The number of rotatable bonds is 9. The highest BCUT2D eigenvalue weighted by Crippen LogP contribution is 2.21. The molecule has 0 fully saturated rings. The number of anilines is 1. The van der Waals surface area contributed by atoms with Crippen LogP contribution in [0.3, 0.4) is 0 Å². The van der Waals surface area contributed by atoms with E-state index < -0.39 is 0 Å². The van der Waals surface area contributed by atoms with Gasteiger partial charge in [-0.1, -0.05) is 12.1 Å². The number of ether oxygens (including phenoxy) is 1. The number of aromatic nitrogens is 1. The molecule has 31 heavy (non-hydrogen) atoms. The summed E-state index contributed by atoms with van der Waals surface area (Å²) < 4.78 is 5.33. The maximum absolute atomic E-state index is 12.0. The van der Waals surface area contributed by atoms with Gasteiger partial charge in [0.25, 0.3) is 0 Å². The minimum absolute atomic E-state index is 0. The summed E-state index contributed by atoms with van der Waals surface area (Å²) in [7, 11) is 9.16. The Balaban J connectivity index is 0.00000480. The van der Waals surface area contributed by atoms with E-state index in [9.17, 15) is 4.79 Å². The van der Waals surface area contributed by atoms with Crippen molar-refractivity contribution in [2.45, 2.75) is 26.1 Å². The number of nitrogens with zero attached hydrogens (tertiary/aromatic N) is 4. The van der Waals surface area contributed by atoms with Crippen molar-refractivity contribution in [3.63, 3.8) is 0 Å². The molecule has 1 amide bonds. The highest BCUT2D eigenvalue weighted by molar-refractivity contribution is 14.0. The van der Waals surface area contributed by atoms with Crippen molar-refractivity contribution in [1.29, 1.82) is 0 Å². The lowest BCUT2D eigenvalue weighted by atomic mass is 10.2. The summed E-state index contributed by atoms with van der Waals surface area (Å²) in [5, 5.41) is 9.31. The summed E-state index contributed by atoms with van der Waals surface area (Å²) in [4.78, 5) is 24.8. The molecule has 1 aromatic carbocycles. The number of carbonyl (C=O) groups excluding carboxylic acids is 1. The second-order valence-electron chi connectivity index (χ2n) is 7.30. The summed E-state index contributed by atoms with van der Waals surface area (Å²) in [6, 6.07) is 7.80. The summed E-state index contributed by atoms with van der Waals surface area (Å²) in [6.45, 7) is 3.58. The molecule has 0 bridgehead atoms. The number of methoxy groups -OCH3 is 1. The first-order valence-corrected chi connectivity index (χ1v) is 10.6. The molecule has 10 heteroatoms. The van der Waals surface area contributed by atoms with Crippen LogP contribution in [0.2, 0.25) is 0 Å². The van der Waals surface area contributed by atoms with Crippen LogP contribution in [-0.2, 0) is 22.6 Å². The third-order valence-corrected chi connectivity index (χ3v) is 5.42.